The van der Waals surface area contributed by atoms with Crippen molar-refractivity contribution in [1.82, 2.24) is 9.55 Å². The summed E-state index contributed by atoms with van der Waals surface area (Å²) in [7, 11) is 2.12. The van der Waals surface area contributed by atoms with Crippen LogP contribution in [0.15, 0.2) is 18.2 Å². The molecule has 3 heteroatoms. The Hall–Kier alpha value is -1.35. The summed E-state index contributed by atoms with van der Waals surface area (Å²) < 4.78 is 2.23. The van der Waals surface area contributed by atoms with Crippen LogP contribution in [0.1, 0.15) is 63.3 Å². The van der Waals surface area contributed by atoms with E-state index in [0.29, 0.717) is 6.54 Å². The van der Waals surface area contributed by atoms with Gasteiger partial charge in [0.05, 0.1) is 11.0 Å². The number of aromatic nitrogens is 2. The van der Waals surface area contributed by atoms with E-state index in [4.69, 9.17) is 10.7 Å². The SMILES string of the molecule is CCCCCCCCCc1nc2ccc(CN)cc2n1C. The zero-order valence-corrected chi connectivity index (χ0v) is 13.6. The fourth-order valence-corrected chi connectivity index (χ4v) is 2.88. The first-order valence-corrected chi connectivity index (χ1v) is 8.40. The van der Waals surface area contributed by atoms with E-state index in [-0.39, 0.29) is 0 Å². The van der Waals surface area contributed by atoms with Crippen molar-refractivity contribution in [1.29, 1.82) is 0 Å². The molecule has 0 saturated heterocycles. The number of unbranched alkanes of at least 4 members (excludes halogenated alkanes) is 6. The highest BCUT2D eigenvalue weighted by Gasteiger charge is 2.07. The quantitative estimate of drug-likeness (QED) is 0.698. The Balaban J connectivity index is 1.86. The largest absolute Gasteiger partial charge is 0.331 e. The lowest BCUT2D eigenvalue weighted by Gasteiger charge is -2.03. The number of aryl methyl sites for hydroxylation is 2. The Labute approximate surface area is 128 Å². The van der Waals surface area contributed by atoms with Gasteiger partial charge in [0.25, 0.3) is 0 Å². The Morgan fingerprint density at radius 3 is 2.48 bits per heavy atom. The molecule has 1 heterocycles. The number of rotatable bonds is 9. The zero-order chi connectivity index (χ0) is 15.1. The topological polar surface area (TPSA) is 43.8 Å². The van der Waals surface area contributed by atoms with Gasteiger partial charge >= 0.3 is 0 Å². The Kier molecular flexibility index (Phi) is 6.24. The van der Waals surface area contributed by atoms with Gasteiger partial charge in [-0.25, -0.2) is 4.98 Å². The molecule has 0 atom stereocenters. The molecule has 21 heavy (non-hydrogen) atoms. The molecule has 2 rings (SSSR count). The fourth-order valence-electron chi connectivity index (χ4n) is 2.88. The third kappa shape index (κ3) is 4.31. The van der Waals surface area contributed by atoms with Gasteiger partial charge in [-0.3, -0.25) is 0 Å². The van der Waals surface area contributed by atoms with Crippen molar-refractivity contribution in [3.8, 4) is 0 Å². The van der Waals surface area contributed by atoms with Crippen molar-refractivity contribution >= 4 is 11.0 Å². The summed E-state index contributed by atoms with van der Waals surface area (Å²) >= 11 is 0. The second kappa shape index (κ2) is 8.18. The number of benzene rings is 1. The first-order valence-electron chi connectivity index (χ1n) is 8.40. The zero-order valence-electron chi connectivity index (χ0n) is 13.6. The second-order valence-corrected chi connectivity index (χ2v) is 5.99. The maximum atomic E-state index is 5.72. The Morgan fingerprint density at radius 2 is 1.76 bits per heavy atom. The van der Waals surface area contributed by atoms with Gasteiger partial charge in [-0.2, -0.15) is 0 Å². The van der Waals surface area contributed by atoms with E-state index >= 15 is 0 Å². The number of hydrogen-bond acceptors (Lipinski definition) is 2. The minimum atomic E-state index is 0.591. The van der Waals surface area contributed by atoms with E-state index in [0.717, 1.165) is 11.9 Å². The number of nitrogens with two attached hydrogens (primary N) is 1. The van der Waals surface area contributed by atoms with Gasteiger partial charge in [0.1, 0.15) is 5.82 Å². The van der Waals surface area contributed by atoms with Crippen molar-refractivity contribution in [2.45, 2.75) is 64.8 Å². The van der Waals surface area contributed by atoms with Gasteiger partial charge in [0.15, 0.2) is 0 Å². The Bertz CT molecular complexity index is 557. The summed E-state index contributed by atoms with van der Waals surface area (Å²) in [6.45, 7) is 2.86. The van der Waals surface area contributed by atoms with E-state index in [2.05, 4.69) is 36.7 Å². The first kappa shape index (κ1) is 16.0. The van der Waals surface area contributed by atoms with Crippen LogP contribution in [0.2, 0.25) is 0 Å². The van der Waals surface area contributed by atoms with Crippen LogP contribution >= 0.6 is 0 Å². The van der Waals surface area contributed by atoms with Gasteiger partial charge in [-0.1, -0.05) is 51.5 Å². The smallest absolute Gasteiger partial charge is 0.109 e. The maximum absolute atomic E-state index is 5.72. The van der Waals surface area contributed by atoms with Gasteiger partial charge in [-0.15, -0.1) is 0 Å². The van der Waals surface area contributed by atoms with Crippen LogP contribution in [0.25, 0.3) is 11.0 Å². The van der Waals surface area contributed by atoms with Gasteiger partial charge in [-0.05, 0) is 24.1 Å². The molecule has 1 aromatic carbocycles. The molecule has 0 aliphatic rings. The summed E-state index contributed by atoms with van der Waals surface area (Å²) in [6.07, 6.45) is 10.5. The number of imidazole rings is 1. The van der Waals surface area contributed by atoms with Gasteiger partial charge in [0.2, 0.25) is 0 Å². The predicted molar refractivity (Wildman–Crippen MR) is 90.3 cm³/mol. The highest BCUT2D eigenvalue weighted by atomic mass is 15.1. The Morgan fingerprint density at radius 1 is 1.05 bits per heavy atom. The maximum Gasteiger partial charge on any atom is 0.109 e. The molecule has 116 valence electrons. The normalized spacial score (nSPS) is 11.4. The molecule has 0 spiro atoms. The monoisotopic (exact) mass is 287 g/mol. The van der Waals surface area contributed by atoms with Gasteiger partial charge in [0, 0.05) is 20.0 Å². The predicted octanol–water partition coefficient (Wildman–Crippen LogP) is 4.33. The lowest BCUT2D eigenvalue weighted by atomic mass is 10.1. The lowest BCUT2D eigenvalue weighted by Crippen LogP contribution is -1.99. The molecule has 0 fully saturated rings. The minimum absolute atomic E-state index is 0.591. The summed E-state index contributed by atoms with van der Waals surface area (Å²) in [4.78, 5) is 4.76. The summed E-state index contributed by atoms with van der Waals surface area (Å²) in [5.41, 5.74) is 9.19. The van der Waals surface area contributed by atoms with Crippen LogP contribution in [-0.4, -0.2) is 9.55 Å². The van der Waals surface area contributed by atoms with Crippen LogP contribution in [0.4, 0.5) is 0 Å². The molecule has 0 radical (unpaired) electrons. The van der Waals surface area contributed by atoms with Crippen molar-refractivity contribution in [3.63, 3.8) is 0 Å². The highest BCUT2D eigenvalue weighted by molar-refractivity contribution is 5.76. The average Bonchev–Trinajstić information content (AvgIpc) is 2.82. The van der Waals surface area contributed by atoms with Crippen molar-refractivity contribution < 1.29 is 0 Å². The van der Waals surface area contributed by atoms with E-state index in [1.54, 1.807) is 0 Å². The third-order valence-electron chi connectivity index (χ3n) is 4.28. The van der Waals surface area contributed by atoms with Crippen molar-refractivity contribution in [2.24, 2.45) is 12.8 Å². The van der Waals surface area contributed by atoms with Crippen molar-refractivity contribution in [2.75, 3.05) is 0 Å². The summed E-state index contributed by atoms with van der Waals surface area (Å²) in [5.74, 6) is 1.20. The van der Waals surface area contributed by atoms with Crippen molar-refractivity contribution in [3.05, 3.63) is 29.6 Å². The molecule has 0 saturated carbocycles. The minimum Gasteiger partial charge on any atom is -0.331 e. The van der Waals surface area contributed by atoms with Gasteiger partial charge < -0.3 is 10.3 Å². The van der Waals surface area contributed by atoms with E-state index in [9.17, 15) is 0 Å². The molecule has 0 amide bonds. The number of hydrogen-bond donors (Lipinski definition) is 1. The molecule has 0 bridgehead atoms. The third-order valence-corrected chi connectivity index (χ3v) is 4.28. The molecular weight excluding hydrogens is 258 g/mol. The van der Waals surface area contributed by atoms with Crippen LogP contribution in [0.3, 0.4) is 0 Å². The molecule has 0 unspecified atom stereocenters. The molecule has 2 aromatic rings. The highest BCUT2D eigenvalue weighted by Crippen LogP contribution is 2.18. The van der Waals surface area contributed by atoms with E-state index < -0.39 is 0 Å². The number of fused-ring (bicyclic) bond motifs is 1. The standard InChI is InChI=1S/C18H29N3/c1-3-4-5-6-7-8-9-10-18-20-16-12-11-15(14-19)13-17(16)21(18)2/h11-13H,3-10,14,19H2,1-2H3. The molecule has 0 aliphatic carbocycles. The van der Waals surface area contributed by atoms with Crippen LogP contribution in [0, 0.1) is 0 Å². The molecule has 1 aromatic heterocycles. The summed E-state index contributed by atoms with van der Waals surface area (Å²) in [6, 6.07) is 6.33. The van der Waals surface area contributed by atoms with E-state index in [1.807, 2.05) is 0 Å². The molecule has 0 aliphatic heterocycles. The molecule has 3 nitrogen and oxygen atoms in total. The average molecular weight is 287 g/mol. The second-order valence-electron chi connectivity index (χ2n) is 5.99. The first-order chi connectivity index (χ1) is 10.3. The lowest BCUT2D eigenvalue weighted by molar-refractivity contribution is 0.581. The van der Waals surface area contributed by atoms with E-state index in [1.165, 1.54) is 61.9 Å². The molecule has 2 N–H and O–H groups in total. The van der Waals surface area contributed by atoms with Crippen LogP contribution in [-0.2, 0) is 20.0 Å². The fraction of sp³-hybridized carbons (Fsp3) is 0.611. The molecular formula is C18H29N3. The number of nitrogens with zero attached hydrogens (tertiary/aromatic N) is 2. The van der Waals surface area contributed by atoms with Crippen LogP contribution in [0.5, 0.6) is 0 Å². The van der Waals surface area contributed by atoms with Crippen LogP contribution < -0.4 is 5.73 Å². The summed E-state index contributed by atoms with van der Waals surface area (Å²) in [5, 5.41) is 0.